The van der Waals surface area contributed by atoms with Gasteiger partial charge in [-0.3, -0.25) is 0 Å². The van der Waals surface area contributed by atoms with E-state index in [1.807, 2.05) is 0 Å². The number of nitrogens with zero attached hydrogens (tertiary/aromatic N) is 3. The number of aromatic nitrogens is 3. The third-order valence-electron chi connectivity index (χ3n) is 2.55. The van der Waals surface area contributed by atoms with Gasteiger partial charge < -0.3 is 4.57 Å². The average Bonchev–Trinajstić information content (AvgIpc) is 2.69. The van der Waals surface area contributed by atoms with Crippen LogP contribution in [0.25, 0.3) is 11.4 Å². The molecule has 18 heavy (non-hydrogen) atoms. The second kappa shape index (κ2) is 4.72. The molecule has 0 N–H and O–H groups in total. The Bertz CT molecular complexity index is 546. The summed E-state index contributed by atoms with van der Waals surface area (Å²) in [7, 11) is 1.77. The van der Waals surface area contributed by atoms with Crippen LogP contribution in [-0.2, 0) is 18.6 Å². The topological polar surface area (TPSA) is 30.7 Å². The molecule has 0 bridgehead atoms. The van der Waals surface area contributed by atoms with Crippen LogP contribution in [0.3, 0.4) is 0 Å². The van der Waals surface area contributed by atoms with E-state index >= 15 is 0 Å². The third-order valence-corrected chi connectivity index (χ3v) is 3.06. The van der Waals surface area contributed by atoms with Gasteiger partial charge in [0.25, 0.3) is 0 Å². The lowest BCUT2D eigenvalue weighted by Gasteiger charge is -2.07. The van der Waals surface area contributed by atoms with E-state index in [1.165, 1.54) is 12.1 Å². The van der Waals surface area contributed by atoms with Gasteiger partial charge in [-0.05, 0) is 12.1 Å². The number of hydrogen-bond donors (Lipinski definition) is 0. The molecule has 0 saturated carbocycles. The first-order chi connectivity index (χ1) is 8.43. The van der Waals surface area contributed by atoms with Crippen LogP contribution in [0.5, 0.6) is 0 Å². The molecule has 1 heterocycles. The summed E-state index contributed by atoms with van der Waals surface area (Å²) in [4.78, 5) is 0. The molecule has 1 aromatic heterocycles. The molecule has 0 aliphatic heterocycles. The Kier molecular flexibility index (Phi) is 3.43. The Labute approximate surface area is 110 Å². The van der Waals surface area contributed by atoms with Gasteiger partial charge in [-0.15, -0.1) is 10.2 Å². The molecule has 0 saturated heterocycles. The van der Waals surface area contributed by atoms with Crippen molar-refractivity contribution in [2.75, 3.05) is 0 Å². The van der Waals surface area contributed by atoms with Crippen molar-refractivity contribution >= 4 is 15.9 Å². The fourth-order valence-electron chi connectivity index (χ4n) is 1.54. The van der Waals surface area contributed by atoms with Gasteiger partial charge in [0.05, 0.1) is 10.9 Å². The van der Waals surface area contributed by atoms with Crippen molar-refractivity contribution in [2.24, 2.45) is 7.05 Å². The van der Waals surface area contributed by atoms with Crippen LogP contribution < -0.4 is 0 Å². The quantitative estimate of drug-likeness (QED) is 0.794. The monoisotopic (exact) mass is 319 g/mol. The molecule has 1 aromatic carbocycles. The van der Waals surface area contributed by atoms with E-state index in [0.29, 0.717) is 22.5 Å². The van der Waals surface area contributed by atoms with E-state index in [4.69, 9.17) is 0 Å². The molecule has 0 radical (unpaired) electrons. The van der Waals surface area contributed by atoms with Gasteiger partial charge in [0.15, 0.2) is 5.82 Å². The fourth-order valence-corrected chi connectivity index (χ4v) is 2.03. The van der Waals surface area contributed by atoms with E-state index in [0.717, 1.165) is 12.1 Å². The Balaban J connectivity index is 2.37. The Morgan fingerprint density at radius 3 is 2.22 bits per heavy atom. The molecule has 0 unspecified atom stereocenters. The van der Waals surface area contributed by atoms with E-state index < -0.39 is 11.7 Å². The molecule has 0 spiro atoms. The largest absolute Gasteiger partial charge is 0.416 e. The summed E-state index contributed by atoms with van der Waals surface area (Å²) in [6, 6.07) is 4.87. The zero-order valence-corrected chi connectivity index (χ0v) is 11.0. The lowest BCUT2D eigenvalue weighted by molar-refractivity contribution is -0.137. The summed E-state index contributed by atoms with van der Waals surface area (Å²) >= 11 is 3.26. The molecule has 0 amide bonds. The highest BCUT2D eigenvalue weighted by molar-refractivity contribution is 9.08. The van der Waals surface area contributed by atoms with Gasteiger partial charge in [0, 0.05) is 12.6 Å². The van der Waals surface area contributed by atoms with E-state index in [1.54, 1.807) is 11.6 Å². The SMILES string of the molecule is Cn1c(CBr)nnc1-c1ccc(C(F)(F)F)cc1. The standard InChI is InChI=1S/C11H9BrF3N3/c1-18-9(6-12)16-17-10(18)7-2-4-8(5-3-7)11(13,14)15/h2-5H,6H2,1H3. The molecule has 2 aromatic rings. The van der Waals surface area contributed by atoms with Gasteiger partial charge in [0.1, 0.15) is 5.82 Å². The van der Waals surface area contributed by atoms with Gasteiger partial charge in [-0.25, -0.2) is 0 Å². The maximum absolute atomic E-state index is 12.4. The van der Waals surface area contributed by atoms with Gasteiger partial charge in [-0.2, -0.15) is 13.2 Å². The van der Waals surface area contributed by atoms with Crippen molar-refractivity contribution in [1.29, 1.82) is 0 Å². The van der Waals surface area contributed by atoms with E-state index in [2.05, 4.69) is 26.1 Å². The van der Waals surface area contributed by atoms with Crippen LogP contribution in [0, 0.1) is 0 Å². The summed E-state index contributed by atoms with van der Waals surface area (Å²) in [5, 5.41) is 8.41. The first-order valence-corrected chi connectivity index (χ1v) is 6.17. The van der Waals surface area contributed by atoms with Crippen molar-refractivity contribution in [1.82, 2.24) is 14.8 Å². The van der Waals surface area contributed by atoms with E-state index in [9.17, 15) is 13.2 Å². The van der Waals surface area contributed by atoms with Crippen LogP contribution in [0.15, 0.2) is 24.3 Å². The van der Waals surface area contributed by atoms with Crippen molar-refractivity contribution < 1.29 is 13.2 Å². The molecule has 3 nitrogen and oxygen atoms in total. The Morgan fingerprint density at radius 2 is 1.78 bits per heavy atom. The third kappa shape index (κ3) is 2.40. The summed E-state index contributed by atoms with van der Waals surface area (Å²) in [5.41, 5.74) is -0.0701. The highest BCUT2D eigenvalue weighted by atomic mass is 79.9. The summed E-state index contributed by atoms with van der Waals surface area (Å²) in [6.45, 7) is 0. The normalized spacial score (nSPS) is 11.8. The highest BCUT2D eigenvalue weighted by Gasteiger charge is 2.30. The molecule has 0 fully saturated rings. The lowest BCUT2D eigenvalue weighted by Crippen LogP contribution is -2.04. The Morgan fingerprint density at radius 1 is 1.17 bits per heavy atom. The van der Waals surface area contributed by atoms with Gasteiger partial charge in [0.2, 0.25) is 0 Å². The predicted octanol–water partition coefficient (Wildman–Crippen LogP) is 3.40. The average molecular weight is 320 g/mol. The van der Waals surface area contributed by atoms with E-state index in [-0.39, 0.29) is 0 Å². The van der Waals surface area contributed by atoms with Gasteiger partial charge >= 0.3 is 6.18 Å². The maximum atomic E-state index is 12.4. The second-order valence-corrected chi connectivity index (χ2v) is 4.27. The number of benzene rings is 1. The summed E-state index contributed by atoms with van der Waals surface area (Å²) in [5.74, 6) is 1.25. The molecular formula is C11H9BrF3N3. The molecule has 2 rings (SSSR count). The Hall–Kier alpha value is -1.37. The molecular weight excluding hydrogens is 311 g/mol. The molecule has 7 heteroatoms. The van der Waals surface area contributed by atoms with Crippen LogP contribution >= 0.6 is 15.9 Å². The van der Waals surface area contributed by atoms with Crippen LogP contribution in [0.4, 0.5) is 13.2 Å². The summed E-state index contributed by atoms with van der Waals surface area (Å²) < 4.78 is 39.0. The zero-order chi connectivity index (χ0) is 13.3. The maximum Gasteiger partial charge on any atom is 0.416 e. The molecule has 0 atom stereocenters. The predicted molar refractivity (Wildman–Crippen MR) is 64.1 cm³/mol. The van der Waals surface area contributed by atoms with Crippen LogP contribution in [0.2, 0.25) is 0 Å². The van der Waals surface area contributed by atoms with Crippen LogP contribution in [-0.4, -0.2) is 14.8 Å². The lowest BCUT2D eigenvalue weighted by atomic mass is 10.1. The number of alkyl halides is 4. The molecule has 0 aliphatic rings. The zero-order valence-electron chi connectivity index (χ0n) is 9.37. The first-order valence-electron chi connectivity index (χ1n) is 5.05. The van der Waals surface area contributed by atoms with Crippen molar-refractivity contribution in [2.45, 2.75) is 11.5 Å². The first kappa shape index (κ1) is 13.1. The van der Waals surface area contributed by atoms with Crippen molar-refractivity contribution in [3.05, 3.63) is 35.7 Å². The number of rotatable bonds is 2. The highest BCUT2D eigenvalue weighted by Crippen LogP contribution is 2.30. The minimum Gasteiger partial charge on any atom is -0.313 e. The van der Waals surface area contributed by atoms with Crippen LogP contribution in [0.1, 0.15) is 11.4 Å². The smallest absolute Gasteiger partial charge is 0.313 e. The second-order valence-electron chi connectivity index (χ2n) is 3.71. The molecule has 96 valence electrons. The minimum atomic E-state index is -4.32. The fraction of sp³-hybridized carbons (Fsp3) is 0.273. The van der Waals surface area contributed by atoms with Crippen molar-refractivity contribution in [3.8, 4) is 11.4 Å². The number of hydrogen-bond acceptors (Lipinski definition) is 2. The summed E-state index contributed by atoms with van der Waals surface area (Å²) in [6.07, 6.45) is -4.32. The molecule has 0 aliphatic carbocycles. The minimum absolute atomic E-state index is 0.539. The van der Waals surface area contributed by atoms with Crippen molar-refractivity contribution in [3.63, 3.8) is 0 Å². The number of halogens is 4. The van der Waals surface area contributed by atoms with Gasteiger partial charge in [-0.1, -0.05) is 28.1 Å².